The van der Waals surface area contributed by atoms with E-state index in [4.69, 9.17) is 9.47 Å². The Morgan fingerprint density at radius 2 is 1.97 bits per heavy atom. The van der Waals surface area contributed by atoms with Crippen molar-refractivity contribution in [3.63, 3.8) is 0 Å². The number of carbonyl (C=O) groups is 2. The number of nitrogens with one attached hydrogen (secondary N) is 2. The van der Waals surface area contributed by atoms with Crippen LogP contribution in [-0.4, -0.2) is 86.1 Å². The molecule has 3 rings (SSSR count). The molecule has 0 saturated carbocycles. The number of aliphatic hydroxyl groups is 1. The lowest BCUT2D eigenvalue weighted by Crippen LogP contribution is -2.51. The molecular formula is C21H30FN3O5. The summed E-state index contributed by atoms with van der Waals surface area (Å²) in [5.74, 6) is -1.13. The number of amides is 2. The molecule has 9 heteroatoms. The molecule has 0 unspecified atom stereocenters. The van der Waals surface area contributed by atoms with Crippen LogP contribution in [0.25, 0.3) is 0 Å². The van der Waals surface area contributed by atoms with Crippen LogP contribution in [0.2, 0.25) is 0 Å². The molecule has 3 N–H and O–H groups in total. The first kappa shape index (κ1) is 22.6. The van der Waals surface area contributed by atoms with Crippen molar-refractivity contribution in [3.8, 4) is 0 Å². The van der Waals surface area contributed by atoms with Crippen molar-refractivity contribution in [1.82, 2.24) is 15.5 Å². The fourth-order valence-corrected chi connectivity index (χ4v) is 3.79. The van der Waals surface area contributed by atoms with Gasteiger partial charge in [0.15, 0.2) is 0 Å². The number of rotatable bonds is 8. The van der Waals surface area contributed by atoms with Crippen LogP contribution in [-0.2, 0) is 14.3 Å². The number of aliphatic hydroxyl groups excluding tert-OH is 1. The minimum atomic E-state index is -0.585. The number of carbonyl (C=O) groups excluding carboxylic acids is 2. The molecule has 0 spiro atoms. The zero-order valence-electron chi connectivity index (χ0n) is 17.0. The maximum atomic E-state index is 13.8. The van der Waals surface area contributed by atoms with Gasteiger partial charge in [-0.2, -0.15) is 0 Å². The predicted octanol–water partition coefficient (Wildman–Crippen LogP) is 0.303. The van der Waals surface area contributed by atoms with Crippen LogP contribution in [0.15, 0.2) is 24.3 Å². The van der Waals surface area contributed by atoms with Crippen LogP contribution in [0, 0.1) is 5.82 Å². The van der Waals surface area contributed by atoms with Crippen molar-refractivity contribution in [2.75, 3.05) is 46.0 Å². The topological polar surface area (TPSA) is 100 Å². The molecule has 0 bridgehead atoms. The van der Waals surface area contributed by atoms with Gasteiger partial charge in [0.25, 0.3) is 5.91 Å². The maximum absolute atomic E-state index is 13.8. The molecule has 2 aliphatic rings. The summed E-state index contributed by atoms with van der Waals surface area (Å²) in [6.07, 6.45) is 1.23. The fraction of sp³-hybridized carbons (Fsp3) is 0.619. The largest absolute Gasteiger partial charge is 0.394 e. The van der Waals surface area contributed by atoms with E-state index >= 15 is 0 Å². The molecule has 2 saturated heterocycles. The van der Waals surface area contributed by atoms with Crippen LogP contribution in [0.3, 0.4) is 0 Å². The minimum absolute atomic E-state index is 0.0264. The summed E-state index contributed by atoms with van der Waals surface area (Å²) in [5.41, 5.74) is -0.0284. The molecule has 30 heavy (non-hydrogen) atoms. The average Bonchev–Trinajstić information content (AvgIpc) is 2.75. The normalized spacial score (nSPS) is 24.9. The van der Waals surface area contributed by atoms with Crippen LogP contribution in [0.5, 0.6) is 0 Å². The second-order valence-corrected chi connectivity index (χ2v) is 7.64. The average molecular weight is 423 g/mol. The molecule has 2 fully saturated rings. The SMILES string of the molecule is O=C(CN1CCOCC1)NCC[C@@H]1CC[C@@H](NC(=O)c2ccccc2F)[C@H](CO)O1. The number of nitrogens with zero attached hydrogens (tertiary/aromatic N) is 1. The van der Waals surface area contributed by atoms with Crippen molar-refractivity contribution >= 4 is 11.8 Å². The van der Waals surface area contributed by atoms with Gasteiger partial charge < -0.3 is 25.2 Å². The Kier molecular flexibility index (Phi) is 8.56. The van der Waals surface area contributed by atoms with Crippen LogP contribution < -0.4 is 10.6 Å². The lowest BCUT2D eigenvalue weighted by molar-refractivity contribution is -0.123. The maximum Gasteiger partial charge on any atom is 0.254 e. The van der Waals surface area contributed by atoms with Crippen LogP contribution >= 0.6 is 0 Å². The van der Waals surface area contributed by atoms with E-state index in [0.29, 0.717) is 45.6 Å². The van der Waals surface area contributed by atoms with E-state index in [1.165, 1.54) is 18.2 Å². The van der Waals surface area contributed by atoms with Gasteiger partial charge in [-0.1, -0.05) is 12.1 Å². The Bertz CT molecular complexity index is 714. The third-order valence-corrected chi connectivity index (χ3v) is 5.49. The molecule has 0 radical (unpaired) electrons. The second-order valence-electron chi connectivity index (χ2n) is 7.64. The fourth-order valence-electron chi connectivity index (χ4n) is 3.79. The molecule has 0 aliphatic carbocycles. The number of halogens is 1. The molecule has 2 amide bonds. The van der Waals surface area contributed by atoms with Gasteiger partial charge in [0.05, 0.1) is 44.1 Å². The molecule has 2 heterocycles. The highest BCUT2D eigenvalue weighted by atomic mass is 19.1. The summed E-state index contributed by atoms with van der Waals surface area (Å²) in [5, 5.41) is 15.4. The van der Waals surface area contributed by atoms with Gasteiger partial charge in [0.2, 0.25) is 5.91 Å². The van der Waals surface area contributed by atoms with E-state index in [0.717, 1.165) is 13.1 Å². The number of hydrogen-bond donors (Lipinski definition) is 3. The van der Waals surface area contributed by atoms with Crippen molar-refractivity contribution in [1.29, 1.82) is 0 Å². The number of hydrogen-bond acceptors (Lipinski definition) is 6. The van der Waals surface area contributed by atoms with Crippen molar-refractivity contribution in [3.05, 3.63) is 35.6 Å². The summed E-state index contributed by atoms with van der Waals surface area (Å²) in [6, 6.07) is 5.39. The molecule has 3 atom stereocenters. The summed E-state index contributed by atoms with van der Waals surface area (Å²) < 4.78 is 25.0. The number of ether oxygens (including phenoxy) is 2. The minimum Gasteiger partial charge on any atom is -0.394 e. The summed E-state index contributed by atoms with van der Waals surface area (Å²) in [7, 11) is 0. The molecule has 1 aromatic carbocycles. The van der Waals surface area contributed by atoms with E-state index in [2.05, 4.69) is 15.5 Å². The number of benzene rings is 1. The Morgan fingerprint density at radius 3 is 2.70 bits per heavy atom. The zero-order valence-corrected chi connectivity index (χ0v) is 17.0. The van der Waals surface area contributed by atoms with Gasteiger partial charge in [-0.25, -0.2) is 4.39 Å². The highest BCUT2D eigenvalue weighted by molar-refractivity contribution is 5.94. The third kappa shape index (κ3) is 6.46. The molecule has 1 aromatic rings. The number of morpholine rings is 1. The van der Waals surface area contributed by atoms with Gasteiger partial charge in [0, 0.05) is 19.6 Å². The van der Waals surface area contributed by atoms with Gasteiger partial charge in [-0.15, -0.1) is 0 Å². The first-order chi connectivity index (χ1) is 14.6. The molecule has 8 nitrogen and oxygen atoms in total. The molecule has 166 valence electrons. The Balaban J connectivity index is 1.40. The Hall–Kier alpha value is -2.07. The molecule has 2 aliphatic heterocycles. The predicted molar refractivity (Wildman–Crippen MR) is 108 cm³/mol. The zero-order chi connectivity index (χ0) is 21.3. The van der Waals surface area contributed by atoms with Crippen LogP contribution in [0.4, 0.5) is 4.39 Å². The standard InChI is InChI=1S/C21H30FN3O5/c22-17-4-2-1-3-16(17)21(28)24-18-6-5-15(30-19(18)14-26)7-8-23-20(27)13-25-9-11-29-12-10-25/h1-4,15,18-19,26H,5-14H2,(H,23,27)(H,24,28)/t15-,18+,19-/m0/s1. The third-order valence-electron chi connectivity index (χ3n) is 5.49. The van der Waals surface area contributed by atoms with E-state index in [9.17, 15) is 19.1 Å². The Labute approximate surface area is 175 Å². The van der Waals surface area contributed by atoms with Gasteiger partial charge >= 0.3 is 0 Å². The first-order valence-electron chi connectivity index (χ1n) is 10.5. The lowest BCUT2D eigenvalue weighted by Gasteiger charge is -2.36. The van der Waals surface area contributed by atoms with Crippen molar-refractivity contribution < 1.29 is 28.6 Å². The van der Waals surface area contributed by atoms with Crippen LogP contribution in [0.1, 0.15) is 29.6 Å². The Morgan fingerprint density at radius 1 is 1.20 bits per heavy atom. The summed E-state index contributed by atoms with van der Waals surface area (Å²) in [4.78, 5) is 26.5. The quantitative estimate of drug-likeness (QED) is 0.556. The van der Waals surface area contributed by atoms with Gasteiger partial charge in [0.1, 0.15) is 11.9 Å². The van der Waals surface area contributed by atoms with Crippen molar-refractivity contribution in [2.45, 2.75) is 37.5 Å². The van der Waals surface area contributed by atoms with Crippen molar-refractivity contribution in [2.24, 2.45) is 0 Å². The van der Waals surface area contributed by atoms with E-state index in [1.54, 1.807) is 6.07 Å². The van der Waals surface area contributed by atoms with E-state index in [-0.39, 0.29) is 24.2 Å². The van der Waals surface area contributed by atoms with E-state index in [1.807, 2.05) is 0 Å². The second kappa shape index (κ2) is 11.4. The smallest absolute Gasteiger partial charge is 0.254 e. The van der Waals surface area contributed by atoms with Gasteiger partial charge in [-0.3, -0.25) is 14.5 Å². The monoisotopic (exact) mass is 423 g/mol. The summed E-state index contributed by atoms with van der Waals surface area (Å²) in [6.45, 7) is 3.42. The highest BCUT2D eigenvalue weighted by Gasteiger charge is 2.32. The first-order valence-corrected chi connectivity index (χ1v) is 10.5. The molecule has 0 aromatic heterocycles. The van der Waals surface area contributed by atoms with Gasteiger partial charge in [-0.05, 0) is 31.4 Å². The highest BCUT2D eigenvalue weighted by Crippen LogP contribution is 2.22. The van der Waals surface area contributed by atoms with E-state index < -0.39 is 23.9 Å². The lowest BCUT2D eigenvalue weighted by atomic mass is 9.96. The summed E-state index contributed by atoms with van der Waals surface area (Å²) >= 11 is 0. The molecular weight excluding hydrogens is 393 g/mol.